The summed E-state index contributed by atoms with van der Waals surface area (Å²) in [7, 11) is 0. The number of aliphatic hydroxyl groups is 1. The van der Waals surface area contributed by atoms with E-state index in [0.29, 0.717) is 5.56 Å². The number of rotatable bonds is 2. The number of ketones is 1. The van der Waals surface area contributed by atoms with Crippen molar-refractivity contribution in [3.8, 4) is 11.5 Å². The molecule has 0 heterocycles. The molecule has 1 unspecified atom stereocenters. The summed E-state index contributed by atoms with van der Waals surface area (Å²) in [6.45, 7) is 3.13. The SMILES string of the molecule is CC(=O)c1cccc(O)c1.CC(O)c1cccc(O)c1. The third kappa shape index (κ3) is 5.12. The molecule has 2 aromatic rings. The molecule has 2 rings (SSSR count). The highest BCUT2D eigenvalue weighted by Crippen LogP contribution is 2.16. The number of aliphatic hydroxyl groups excluding tert-OH is 1. The molecule has 3 N–H and O–H groups in total. The van der Waals surface area contributed by atoms with E-state index in [1.807, 2.05) is 0 Å². The van der Waals surface area contributed by atoms with E-state index in [9.17, 15) is 4.79 Å². The van der Waals surface area contributed by atoms with Crippen molar-refractivity contribution in [1.29, 1.82) is 0 Å². The quantitative estimate of drug-likeness (QED) is 0.735. The Labute approximate surface area is 117 Å². The summed E-state index contributed by atoms with van der Waals surface area (Å²) in [4.78, 5) is 10.7. The van der Waals surface area contributed by atoms with Gasteiger partial charge < -0.3 is 15.3 Å². The Balaban J connectivity index is 0.000000200. The Kier molecular flexibility index (Phi) is 5.74. The molecule has 0 radical (unpaired) electrons. The lowest BCUT2D eigenvalue weighted by atomic mass is 10.1. The van der Waals surface area contributed by atoms with Crippen molar-refractivity contribution in [1.82, 2.24) is 0 Å². The van der Waals surface area contributed by atoms with Crippen LogP contribution in [0, 0.1) is 0 Å². The highest BCUT2D eigenvalue weighted by atomic mass is 16.3. The summed E-state index contributed by atoms with van der Waals surface area (Å²) in [6.07, 6.45) is -0.507. The number of benzene rings is 2. The molecule has 2 aromatic carbocycles. The van der Waals surface area contributed by atoms with Gasteiger partial charge in [-0.2, -0.15) is 0 Å². The minimum atomic E-state index is -0.507. The first-order valence-corrected chi connectivity index (χ1v) is 6.17. The van der Waals surface area contributed by atoms with Gasteiger partial charge in [0.25, 0.3) is 0 Å². The van der Waals surface area contributed by atoms with Crippen LogP contribution < -0.4 is 0 Å². The monoisotopic (exact) mass is 274 g/mol. The average molecular weight is 274 g/mol. The van der Waals surface area contributed by atoms with E-state index >= 15 is 0 Å². The lowest BCUT2D eigenvalue weighted by Gasteiger charge is -2.02. The van der Waals surface area contributed by atoms with Gasteiger partial charge in [0.2, 0.25) is 0 Å². The summed E-state index contributed by atoms with van der Waals surface area (Å²) in [6, 6.07) is 12.9. The predicted octanol–water partition coefficient (Wildman–Crippen LogP) is 3.04. The van der Waals surface area contributed by atoms with Gasteiger partial charge in [0, 0.05) is 5.56 Å². The Morgan fingerprint density at radius 3 is 1.90 bits per heavy atom. The van der Waals surface area contributed by atoms with Crippen molar-refractivity contribution >= 4 is 5.78 Å². The minimum Gasteiger partial charge on any atom is -0.508 e. The first-order chi connectivity index (χ1) is 9.40. The van der Waals surface area contributed by atoms with Crippen molar-refractivity contribution in [3.63, 3.8) is 0 Å². The molecule has 0 aliphatic rings. The third-order valence-electron chi connectivity index (χ3n) is 2.61. The lowest BCUT2D eigenvalue weighted by Crippen LogP contribution is -1.89. The Hall–Kier alpha value is -2.33. The molecule has 1 atom stereocenters. The molecule has 0 aliphatic carbocycles. The highest BCUT2D eigenvalue weighted by molar-refractivity contribution is 5.94. The summed E-state index contributed by atoms with van der Waals surface area (Å²) in [5.74, 6) is 0.294. The molecule has 0 aromatic heterocycles. The van der Waals surface area contributed by atoms with Gasteiger partial charge in [0.15, 0.2) is 5.78 Å². The fourth-order valence-corrected chi connectivity index (χ4v) is 1.51. The van der Waals surface area contributed by atoms with Crippen molar-refractivity contribution in [3.05, 3.63) is 59.7 Å². The Morgan fingerprint density at radius 2 is 1.55 bits per heavy atom. The number of aromatic hydroxyl groups is 2. The van der Waals surface area contributed by atoms with E-state index in [4.69, 9.17) is 15.3 Å². The number of hydrogen-bond donors (Lipinski definition) is 3. The van der Waals surface area contributed by atoms with Gasteiger partial charge >= 0.3 is 0 Å². The standard InChI is InChI=1S/C8H10O2.C8H8O2/c2*1-6(9)7-3-2-4-8(10)5-7/h2-6,9-10H,1H3;2-5,10H,1H3. The van der Waals surface area contributed by atoms with Gasteiger partial charge in [-0.1, -0.05) is 24.3 Å². The normalized spacial score (nSPS) is 11.2. The van der Waals surface area contributed by atoms with Crippen LogP contribution in [0.2, 0.25) is 0 Å². The Bertz CT molecular complexity index is 576. The van der Waals surface area contributed by atoms with Crippen molar-refractivity contribution in [2.24, 2.45) is 0 Å². The average Bonchev–Trinajstić information content (AvgIpc) is 2.39. The van der Waals surface area contributed by atoms with Gasteiger partial charge in [-0.25, -0.2) is 0 Å². The van der Waals surface area contributed by atoms with Crippen LogP contribution in [0.5, 0.6) is 11.5 Å². The van der Waals surface area contributed by atoms with E-state index in [2.05, 4.69) is 0 Å². The van der Waals surface area contributed by atoms with Crippen molar-refractivity contribution in [2.75, 3.05) is 0 Å². The smallest absolute Gasteiger partial charge is 0.159 e. The summed E-state index contributed by atoms with van der Waals surface area (Å²) >= 11 is 0. The van der Waals surface area contributed by atoms with E-state index in [0.717, 1.165) is 5.56 Å². The van der Waals surface area contributed by atoms with Crippen LogP contribution in [-0.2, 0) is 0 Å². The van der Waals surface area contributed by atoms with E-state index in [-0.39, 0.29) is 17.3 Å². The van der Waals surface area contributed by atoms with E-state index in [1.165, 1.54) is 19.1 Å². The zero-order valence-electron chi connectivity index (χ0n) is 11.4. The number of carbonyl (C=O) groups is 1. The molecular formula is C16H18O4. The van der Waals surface area contributed by atoms with Gasteiger partial charge in [0.05, 0.1) is 6.10 Å². The number of carbonyl (C=O) groups excluding carboxylic acids is 1. The summed E-state index contributed by atoms with van der Waals surface area (Å²) < 4.78 is 0. The molecule has 0 aliphatic heterocycles. The van der Waals surface area contributed by atoms with Gasteiger partial charge in [-0.15, -0.1) is 0 Å². The predicted molar refractivity (Wildman–Crippen MR) is 76.9 cm³/mol. The van der Waals surface area contributed by atoms with Crippen molar-refractivity contribution < 1.29 is 20.1 Å². The first kappa shape index (κ1) is 15.7. The molecule has 0 saturated heterocycles. The largest absolute Gasteiger partial charge is 0.508 e. The molecule has 0 saturated carbocycles. The van der Waals surface area contributed by atoms with Gasteiger partial charge in [-0.3, -0.25) is 4.79 Å². The second-order valence-electron chi connectivity index (χ2n) is 4.38. The number of phenolic OH excluding ortho intramolecular Hbond substituents is 2. The molecule has 0 amide bonds. The van der Waals surface area contributed by atoms with Crippen LogP contribution in [0.4, 0.5) is 0 Å². The fourth-order valence-electron chi connectivity index (χ4n) is 1.51. The van der Waals surface area contributed by atoms with Crippen LogP contribution in [0.25, 0.3) is 0 Å². The zero-order valence-corrected chi connectivity index (χ0v) is 11.4. The van der Waals surface area contributed by atoms with E-state index in [1.54, 1.807) is 43.3 Å². The molecule has 20 heavy (non-hydrogen) atoms. The van der Waals surface area contributed by atoms with Crippen LogP contribution in [0.15, 0.2) is 48.5 Å². The van der Waals surface area contributed by atoms with Crippen LogP contribution >= 0.6 is 0 Å². The van der Waals surface area contributed by atoms with Crippen LogP contribution in [-0.4, -0.2) is 21.1 Å². The topological polar surface area (TPSA) is 77.8 Å². The number of hydrogen-bond acceptors (Lipinski definition) is 4. The maximum absolute atomic E-state index is 10.7. The van der Waals surface area contributed by atoms with E-state index < -0.39 is 6.10 Å². The van der Waals surface area contributed by atoms with Crippen molar-refractivity contribution in [2.45, 2.75) is 20.0 Å². The third-order valence-corrected chi connectivity index (χ3v) is 2.61. The lowest BCUT2D eigenvalue weighted by molar-refractivity contribution is 0.101. The molecule has 0 fully saturated rings. The maximum Gasteiger partial charge on any atom is 0.159 e. The summed E-state index contributed by atoms with van der Waals surface area (Å²) in [5.41, 5.74) is 1.28. The minimum absolute atomic E-state index is 0.0316. The van der Waals surface area contributed by atoms with Crippen LogP contribution in [0.3, 0.4) is 0 Å². The summed E-state index contributed by atoms with van der Waals surface area (Å²) in [5, 5.41) is 26.9. The highest BCUT2D eigenvalue weighted by Gasteiger charge is 1.99. The molecule has 4 heteroatoms. The zero-order chi connectivity index (χ0) is 15.1. The molecule has 4 nitrogen and oxygen atoms in total. The second-order valence-corrected chi connectivity index (χ2v) is 4.38. The molecule has 0 spiro atoms. The first-order valence-electron chi connectivity index (χ1n) is 6.17. The molecular weight excluding hydrogens is 256 g/mol. The molecule has 106 valence electrons. The maximum atomic E-state index is 10.7. The number of phenols is 2. The van der Waals surface area contributed by atoms with Gasteiger partial charge in [-0.05, 0) is 43.7 Å². The van der Waals surface area contributed by atoms with Crippen LogP contribution in [0.1, 0.15) is 35.9 Å². The second kappa shape index (κ2) is 7.31. The Morgan fingerprint density at radius 1 is 1.00 bits per heavy atom. The fraction of sp³-hybridized carbons (Fsp3) is 0.188. The van der Waals surface area contributed by atoms with Gasteiger partial charge in [0.1, 0.15) is 11.5 Å². The molecule has 0 bridgehead atoms. The number of Topliss-reactive ketones (excluding diaryl/α,β-unsaturated/α-hetero) is 1.